The number of carboxylic acid groups (broad SMARTS) is 1. The summed E-state index contributed by atoms with van der Waals surface area (Å²) < 4.78 is 1.15. The van der Waals surface area contributed by atoms with Gasteiger partial charge in [0, 0.05) is 18.5 Å². The lowest BCUT2D eigenvalue weighted by Gasteiger charge is -2.05. The molecule has 18 heavy (non-hydrogen) atoms. The monoisotopic (exact) mass is 248 g/mol. The summed E-state index contributed by atoms with van der Waals surface area (Å²) in [6, 6.07) is 1.17. The molecule has 8 nitrogen and oxygen atoms in total. The number of nitrogens with zero attached hydrogens (tertiary/aromatic N) is 3. The molecule has 2 aromatic rings. The molecule has 0 radical (unpaired) electrons. The Balaban J connectivity index is 2.43. The summed E-state index contributed by atoms with van der Waals surface area (Å²) in [7, 11) is 0. The van der Waals surface area contributed by atoms with Crippen LogP contribution in [0.4, 0.5) is 0 Å². The summed E-state index contributed by atoms with van der Waals surface area (Å²) in [6.07, 6.45) is 3.62. The average Bonchev–Trinajstić information content (AvgIpc) is 2.33. The van der Waals surface area contributed by atoms with Gasteiger partial charge in [-0.05, 0) is 0 Å². The molecule has 0 fully saturated rings. The van der Waals surface area contributed by atoms with Gasteiger partial charge in [0.05, 0.1) is 12.2 Å². The van der Waals surface area contributed by atoms with E-state index in [-0.39, 0.29) is 17.8 Å². The Hall–Kier alpha value is -2.77. The molecule has 0 aliphatic heterocycles. The number of hydrogen-bond donors (Lipinski definition) is 2. The predicted molar refractivity (Wildman–Crippen MR) is 59.4 cm³/mol. The van der Waals surface area contributed by atoms with E-state index in [2.05, 4.69) is 15.0 Å². The molecule has 0 unspecified atom stereocenters. The molecule has 0 aliphatic carbocycles. The fourth-order valence-corrected chi connectivity index (χ4v) is 1.39. The van der Waals surface area contributed by atoms with Crippen molar-refractivity contribution < 1.29 is 9.90 Å². The third-order valence-corrected chi connectivity index (χ3v) is 2.24. The van der Waals surface area contributed by atoms with Crippen LogP contribution < -0.4 is 11.2 Å². The molecule has 2 heterocycles. The lowest BCUT2D eigenvalue weighted by molar-refractivity contribution is 0.0694. The summed E-state index contributed by atoms with van der Waals surface area (Å²) in [5, 5.41) is 8.93. The zero-order chi connectivity index (χ0) is 13.1. The summed E-state index contributed by atoms with van der Waals surface area (Å²) in [5.74, 6) is -1.18. The first-order chi connectivity index (χ1) is 8.58. The van der Waals surface area contributed by atoms with E-state index in [1.165, 1.54) is 18.6 Å². The fourth-order valence-electron chi connectivity index (χ4n) is 1.39. The van der Waals surface area contributed by atoms with Gasteiger partial charge < -0.3 is 5.11 Å². The second kappa shape index (κ2) is 4.62. The number of nitrogens with one attached hydrogen (secondary N) is 1. The van der Waals surface area contributed by atoms with Gasteiger partial charge >= 0.3 is 11.7 Å². The van der Waals surface area contributed by atoms with E-state index < -0.39 is 17.2 Å². The smallest absolute Gasteiger partial charge is 0.339 e. The highest BCUT2D eigenvalue weighted by atomic mass is 16.4. The van der Waals surface area contributed by atoms with Gasteiger partial charge in [-0.25, -0.2) is 19.6 Å². The van der Waals surface area contributed by atoms with Crippen LogP contribution in [-0.4, -0.2) is 30.6 Å². The van der Waals surface area contributed by atoms with E-state index in [0.29, 0.717) is 0 Å². The van der Waals surface area contributed by atoms with Crippen molar-refractivity contribution in [3.63, 3.8) is 0 Å². The van der Waals surface area contributed by atoms with E-state index in [0.717, 1.165) is 10.8 Å². The molecular weight excluding hydrogens is 240 g/mol. The van der Waals surface area contributed by atoms with Crippen molar-refractivity contribution in [3.05, 3.63) is 56.9 Å². The molecule has 2 N–H and O–H groups in total. The zero-order valence-corrected chi connectivity index (χ0v) is 9.03. The van der Waals surface area contributed by atoms with Gasteiger partial charge in [-0.15, -0.1) is 0 Å². The number of aromatic carboxylic acids is 1. The number of aromatic amines is 1. The van der Waals surface area contributed by atoms with Gasteiger partial charge in [-0.1, -0.05) is 0 Å². The standard InChI is InChI=1S/C10H8N4O4/c15-8-1-2-14(10(18)13-8)4-7-6(9(16)17)3-11-5-12-7/h1-3,5H,4H2,(H,16,17)(H,13,15,18). The second-order valence-electron chi connectivity index (χ2n) is 3.43. The van der Waals surface area contributed by atoms with Crippen LogP contribution in [-0.2, 0) is 6.54 Å². The highest BCUT2D eigenvalue weighted by Crippen LogP contribution is 2.04. The normalized spacial score (nSPS) is 10.2. The second-order valence-corrected chi connectivity index (χ2v) is 3.43. The van der Waals surface area contributed by atoms with Crippen LogP contribution in [0.2, 0.25) is 0 Å². The molecular formula is C10H8N4O4. The van der Waals surface area contributed by atoms with Gasteiger partial charge in [0.2, 0.25) is 0 Å². The molecule has 2 aromatic heterocycles. The van der Waals surface area contributed by atoms with Crippen LogP contribution in [0.1, 0.15) is 16.1 Å². The number of carboxylic acids is 1. The van der Waals surface area contributed by atoms with Crippen LogP contribution in [0.5, 0.6) is 0 Å². The van der Waals surface area contributed by atoms with Gasteiger partial charge in [-0.2, -0.15) is 0 Å². The van der Waals surface area contributed by atoms with Crippen LogP contribution in [0, 0.1) is 0 Å². The predicted octanol–water partition coefficient (Wildman–Crippen LogP) is -0.927. The Bertz CT molecular complexity index is 703. The van der Waals surface area contributed by atoms with E-state index in [4.69, 9.17) is 5.11 Å². The summed E-state index contributed by atoms with van der Waals surface area (Å²) in [5.41, 5.74) is -1.04. The van der Waals surface area contributed by atoms with Crippen molar-refractivity contribution in [2.45, 2.75) is 6.54 Å². The van der Waals surface area contributed by atoms with Crippen molar-refractivity contribution in [3.8, 4) is 0 Å². The van der Waals surface area contributed by atoms with Crippen LogP contribution >= 0.6 is 0 Å². The molecule has 0 saturated heterocycles. The topological polar surface area (TPSA) is 118 Å². The number of aromatic nitrogens is 4. The minimum atomic E-state index is -1.18. The molecule has 92 valence electrons. The first kappa shape index (κ1) is 11.7. The van der Waals surface area contributed by atoms with Crippen molar-refractivity contribution >= 4 is 5.97 Å². The quantitative estimate of drug-likeness (QED) is 0.724. The van der Waals surface area contributed by atoms with Crippen molar-refractivity contribution in [2.75, 3.05) is 0 Å². The maximum atomic E-state index is 11.4. The average molecular weight is 248 g/mol. The highest BCUT2D eigenvalue weighted by Gasteiger charge is 2.12. The number of carbonyl (C=O) groups is 1. The lowest BCUT2D eigenvalue weighted by Crippen LogP contribution is -2.29. The summed E-state index contributed by atoms with van der Waals surface area (Å²) in [6.45, 7) is -0.0558. The Morgan fingerprint density at radius 3 is 2.89 bits per heavy atom. The Labute approximate surface area is 99.6 Å². The fraction of sp³-hybridized carbons (Fsp3) is 0.100. The van der Waals surface area contributed by atoms with Gasteiger partial charge in [0.15, 0.2) is 0 Å². The molecule has 0 aliphatic rings. The van der Waals surface area contributed by atoms with E-state index in [1.54, 1.807) is 0 Å². The minimum absolute atomic E-state index is 0.0558. The van der Waals surface area contributed by atoms with Crippen LogP contribution in [0.25, 0.3) is 0 Å². The van der Waals surface area contributed by atoms with Crippen LogP contribution in [0.15, 0.2) is 34.4 Å². The summed E-state index contributed by atoms with van der Waals surface area (Å²) in [4.78, 5) is 42.7. The van der Waals surface area contributed by atoms with Crippen molar-refractivity contribution in [2.24, 2.45) is 0 Å². The first-order valence-electron chi connectivity index (χ1n) is 4.90. The van der Waals surface area contributed by atoms with E-state index >= 15 is 0 Å². The molecule has 0 saturated carbocycles. The minimum Gasteiger partial charge on any atom is -0.478 e. The van der Waals surface area contributed by atoms with Crippen molar-refractivity contribution in [1.29, 1.82) is 0 Å². The molecule has 0 spiro atoms. The van der Waals surface area contributed by atoms with Gasteiger partial charge in [-0.3, -0.25) is 14.3 Å². The highest BCUT2D eigenvalue weighted by molar-refractivity contribution is 5.88. The SMILES string of the molecule is O=C(O)c1cncnc1Cn1ccc(=O)[nH]c1=O. The van der Waals surface area contributed by atoms with E-state index in [1.807, 2.05) is 0 Å². The molecule has 0 atom stereocenters. The first-order valence-corrected chi connectivity index (χ1v) is 4.90. The number of H-pyrrole nitrogens is 1. The van der Waals surface area contributed by atoms with Crippen molar-refractivity contribution in [1.82, 2.24) is 19.5 Å². The molecule has 0 amide bonds. The lowest BCUT2D eigenvalue weighted by atomic mass is 10.2. The van der Waals surface area contributed by atoms with E-state index in [9.17, 15) is 14.4 Å². The third kappa shape index (κ3) is 2.32. The van der Waals surface area contributed by atoms with Gasteiger partial charge in [0.1, 0.15) is 11.9 Å². The van der Waals surface area contributed by atoms with Crippen LogP contribution in [0.3, 0.4) is 0 Å². The van der Waals surface area contributed by atoms with Gasteiger partial charge in [0.25, 0.3) is 5.56 Å². The largest absolute Gasteiger partial charge is 0.478 e. The molecule has 2 rings (SSSR count). The Kier molecular flexibility index (Phi) is 3.00. The number of hydrogen-bond acceptors (Lipinski definition) is 5. The Morgan fingerprint density at radius 1 is 1.44 bits per heavy atom. The maximum Gasteiger partial charge on any atom is 0.339 e. The molecule has 0 bridgehead atoms. The summed E-state index contributed by atoms with van der Waals surface area (Å²) >= 11 is 0. The third-order valence-electron chi connectivity index (χ3n) is 2.24. The molecule has 0 aromatic carbocycles. The maximum absolute atomic E-state index is 11.4. The number of rotatable bonds is 3. The molecule has 8 heteroatoms. The zero-order valence-electron chi connectivity index (χ0n) is 9.03. The Morgan fingerprint density at radius 2 is 2.22 bits per heavy atom.